The lowest BCUT2D eigenvalue weighted by Crippen LogP contribution is -2.18. The fourth-order valence-corrected chi connectivity index (χ4v) is 2.39. The summed E-state index contributed by atoms with van der Waals surface area (Å²) in [5.41, 5.74) is 2.35. The molecule has 21 heavy (non-hydrogen) atoms. The van der Waals surface area contributed by atoms with E-state index < -0.39 is 17.7 Å². The molecule has 0 bridgehead atoms. The van der Waals surface area contributed by atoms with Crippen LogP contribution in [-0.4, -0.2) is 20.8 Å². The average molecular weight is 288 g/mol. The van der Waals surface area contributed by atoms with E-state index in [2.05, 4.69) is 4.98 Å². The molecule has 5 heteroatoms. The average Bonchev–Trinajstić information content (AvgIpc) is 2.86. The van der Waals surface area contributed by atoms with E-state index in [1.54, 1.807) is 6.33 Å². The molecule has 1 heterocycles. The summed E-state index contributed by atoms with van der Waals surface area (Å²) in [6, 6.07) is 11.3. The first-order chi connectivity index (χ1) is 10.1. The Morgan fingerprint density at radius 3 is 2.71 bits per heavy atom. The van der Waals surface area contributed by atoms with Gasteiger partial charge in [-0.1, -0.05) is 18.2 Å². The molecule has 0 amide bonds. The molecule has 3 nitrogen and oxygen atoms in total. The standard InChI is InChI=1S/C16H14F2N2O/c17-13-6-5-11(8-14(13)18)7-12(21)9-20-10-19-15-3-1-2-4-16(15)20/h1-6,8,10,12,21H,7,9H2. The monoisotopic (exact) mass is 288 g/mol. The fraction of sp³-hybridized carbons (Fsp3) is 0.188. The number of hydrogen-bond acceptors (Lipinski definition) is 2. The van der Waals surface area contributed by atoms with Crippen LogP contribution in [-0.2, 0) is 13.0 Å². The normalized spacial score (nSPS) is 12.7. The second kappa shape index (κ2) is 5.61. The predicted molar refractivity (Wildman–Crippen MR) is 75.8 cm³/mol. The lowest BCUT2D eigenvalue weighted by molar-refractivity contribution is 0.155. The van der Waals surface area contributed by atoms with Crippen molar-refractivity contribution in [1.29, 1.82) is 0 Å². The molecule has 0 aliphatic rings. The Morgan fingerprint density at radius 2 is 1.90 bits per heavy atom. The van der Waals surface area contributed by atoms with E-state index >= 15 is 0 Å². The van der Waals surface area contributed by atoms with Crippen LogP contribution >= 0.6 is 0 Å². The van der Waals surface area contributed by atoms with E-state index in [-0.39, 0.29) is 6.42 Å². The van der Waals surface area contributed by atoms with Crippen LogP contribution in [0.25, 0.3) is 11.0 Å². The number of halogens is 2. The molecule has 1 aromatic heterocycles. The highest BCUT2D eigenvalue weighted by Crippen LogP contribution is 2.15. The minimum atomic E-state index is -0.896. The van der Waals surface area contributed by atoms with Gasteiger partial charge in [0.05, 0.1) is 30.0 Å². The van der Waals surface area contributed by atoms with E-state index in [4.69, 9.17) is 0 Å². The van der Waals surface area contributed by atoms with Crippen LogP contribution in [0.2, 0.25) is 0 Å². The molecule has 3 aromatic rings. The Morgan fingerprint density at radius 1 is 1.10 bits per heavy atom. The molecule has 3 rings (SSSR count). The Hall–Kier alpha value is -2.27. The summed E-state index contributed by atoms with van der Waals surface area (Å²) < 4.78 is 27.9. The van der Waals surface area contributed by atoms with Crippen LogP contribution in [0.3, 0.4) is 0 Å². The van der Waals surface area contributed by atoms with Gasteiger partial charge in [0.1, 0.15) is 0 Å². The van der Waals surface area contributed by atoms with Crippen molar-refractivity contribution < 1.29 is 13.9 Å². The number of aliphatic hydroxyl groups excluding tert-OH is 1. The van der Waals surface area contributed by atoms with Gasteiger partial charge in [0.25, 0.3) is 0 Å². The predicted octanol–water partition coefficient (Wildman–Crippen LogP) is 2.92. The molecular weight excluding hydrogens is 274 g/mol. The zero-order valence-corrected chi connectivity index (χ0v) is 11.2. The van der Waals surface area contributed by atoms with Crippen LogP contribution in [0.4, 0.5) is 8.78 Å². The highest BCUT2D eigenvalue weighted by molar-refractivity contribution is 5.74. The fourth-order valence-electron chi connectivity index (χ4n) is 2.39. The van der Waals surface area contributed by atoms with Crippen LogP contribution in [0.5, 0.6) is 0 Å². The Bertz CT molecular complexity index is 770. The lowest BCUT2D eigenvalue weighted by Gasteiger charge is -2.12. The maximum absolute atomic E-state index is 13.1. The highest BCUT2D eigenvalue weighted by atomic mass is 19.2. The van der Waals surface area contributed by atoms with Gasteiger partial charge in [-0.2, -0.15) is 0 Å². The van der Waals surface area contributed by atoms with Crippen molar-refractivity contribution in [2.45, 2.75) is 19.1 Å². The topological polar surface area (TPSA) is 38.0 Å². The molecule has 0 fully saturated rings. The molecule has 0 radical (unpaired) electrons. The molecule has 0 saturated heterocycles. The molecule has 1 atom stereocenters. The first kappa shape index (κ1) is 13.7. The van der Waals surface area contributed by atoms with Crippen LogP contribution in [0.15, 0.2) is 48.8 Å². The van der Waals surface area contributed by atoms with Crippen molar-refractivity contribution in [2.75, 3.05) is 0 Å². The third kappa shape index (κ3) is 2.92. The van der Waals surface area contributed by atoms with Gasteiger partial charge in [0.15, 0.2) is 11.6 Å². The summed E-state index contributed by atoms with van der Waals surface area (Å²) >= 11 is 0. The number of aliphatic hydroxyl groups is 1. The van der Waals surface area contributed by atoms with E-state index in [0.29, 0.717) is 12.1 Å². The second-order valence-corrected chi connectivity index (χ2v) is 4.99. The van der Waals surface area contributed by atoms with Gasteiger partial charge >= 0.3 is 0 Å². The quantitative estimate of drug-likeness (QED) is 0.801. The molecule has 108 valence electrons. The molecule has 1 unspecified atom stereocenters. The van der Waals surface area contributed by atoms with Crippen molar-refractivity contribution in [3.63, 3.8) is 0 Å². The Balaban J connectivity index is 1.74. The Kier molecular flexibility index (Phi) is 3.66. The van der Waals surface area contributed by atoms with Gasteiger partial charge in [-0.05, 0) is 29.8 Å². The summed E-state index contributed by atoms with van der Waals surface area (Å²) in [5.74, 6) is -1.78. The third-order valence-corrected chi connectivity index (χ3v) is 3.39. The minimum Gasteiger partial charge on any atom is -0.391 e. The number of aromatic nitrogens is 2. The smallest absolute Gasteiger partial charge is 0.159 e. The zero-order valence-electron chi connectivity index (χ0n) is 11.2. The molecule has 0 aliphatic heterocycles. The van der Waals surface area contributed by atoms with Crippen molar-refractivity contribution in [3.05, 3.63) is 66.0 Å². The van der Waals surface area contributed by atoms with E-state index in [0.717, 1.165) is 23.2 Å². The third-order valence-electron chi connectivity index (χ3n) is 3.39. The molecule has 0 aliphatic carbocycles. The molecule has 0 spiro atoms. The molecule has 2 aromatic carbocycles. The van der Waals surface area contributed by atoms with Gasteiger partial charge in [-0.25, -0.2) is 13.8 Å². The zero-order chi connectivity index (χ0) is 14.8. The van der Waals surface area contributed by atoms with Crippen molar-refractivity contribution in [2.24, 2.45) is 0 Å². The maximum atomic E-state index is 13.1. The van der Waals surface area contributed by atoms with E-state index in [1.807, 2.05) is 28.8 Å². The van der Waals surface area contributed by atoms with E-state index in [1.165, 1.54) is 6.07 Å². The first-order valence-corrected chi connectivity index (χ1v) is 6.65. The summed E-state index contributed by atoms with van der Waals surface area (Å²) in [5, 5.41) is 10.1. The number of para-hydroxylation sites is 2. The van der Waals surface area contributed by atoms with Crippen LogP contribution < -0.4 is 0 Å². The van der Waals surface area contributed by atoms with Gasteiger partial charge in [0.2, 0.25) is 0 Å². The number of rotatable bonds is 4. The van der Waals surface area contributed by atoms with Gasteiger partial charge in [0, 0.05) is 6.42 Å². The molecular formula is C16H14F2N2O. The van der Waals surface area contributed by atoms with Gasteiger partial charge < -0.3 is 9.67 Å². The van der Waals surface area contributed by atoms with Gasteiger partial charge in [-0.3, -0.25) is 0 Å². The summed E-state index contributed by atoms with van der Waals surface area (Å²) in [7, 11) is 0. The highest BCUT2D eigenvalue weighted by Gasteiger charge is 2.11. The number of imidazole rings is 1. The molecule has 1 N–H and O–H groups in total. The number of nitrogens with zero attached hydrogens (tertiary/aromatic N) is 2. The SMILES string of the molecule is OC(Cc1ccc(F)c(F)c1)Cn1cnc2ccccc21. The lowest BCUT2D eigenvalue weighted by atomic mass is 10.1. The van der Waals surface area contributed by atoms with Crippen molar-refractivity contribution >= 4 is 11.0 Å². The van der Waals surface area contributed by atoms with Crippen molar-refractivity contribution in [3.8, 4) is 0 Å². The Labute approximate surface area is 120 Å². The largest absolute Gasteiger partial charge is 0.391 e. The molecule has 0 saturated carbocycles. The van der Waals surface area contributed by atoms with Crippen LogP contribution in [0.1, 0.15) is 5.56 Å². The maximum Gasteiger partial charge on any atom is 0.159 e. The van der Waals surface area contributed by atoms with E-state index in [9.17, 15) is 13.9 Å². The first-order valence-electron chi connectivity index (χ1n) is 6.65. The summed E-state index contributed by atoms with van der Waals surface area (Å²) in [6.45, 7) is 0.347. The number of hydrogen-bond donors (Lipinski definition) is 1. The van der Waals surface area contributed by atoms with Crippen molar-refractivity contribution in [1.82, 2.24) is 9.55 Å². The van der Waals surface area contributed by atoms with Crippen LogP contribution in [0, 0.1) is 11.6 Å². The number of fused-ring (bicyclic) bond motifs is 1. The summed E-state index contributed by atoms with van der Waals surface area (Å²) in [6.07, 6.45) is 1.22. The van der Waals surface area contributed by atoms with Gasteiger partial charge in [-0.15, -0.1) is 0 Å². The minimum absolute atomic E-state index is 0.254. The summed E-state index contributed by atoms with van der Waals surface area (Å²) in [4.78, 5) is 4.25. The second-order valence-electron chi connectivity index (χ2n) is 4.99. The number of benzene rings is 2.